The van der Waals surface area contributed by atoms with Gasteiger partial charge in [0.1, 0.15) is 5.82 Å². The molecule has 0 bridgehead atoms. The molecule has 0 aromatic carbocycles. The minimum atomic E-state index is -0.215. The third kappa shape index (κ3) is 3.02. The number of halogens is 1. The molecule has 18 heavy (non-hydrogen) atoms. The molecule has 3 nitrogen and oxygen atoms in total. The average Bonchev–Trinajstić information content (AvgIpc) is 2.38. The molecule has 5 heteroatoms. The van der Waals surface area contributed by atoms with Crippen LogP contribution in [0, 0.1) is 5.82 Å². The van der Waals surface area contributed by atoms with Crippen molar-refractivity contribution in [2.45, 2.75) is 19.0 Å². The molecule has 1 N–H and O–H groups in total. The van der Waals surface area contributed by atoms with Crippen LogP contribution in [0.5, 0.6) is 0 Å². The van der Waals surface area contributed by atoms with Crippen LogP contribution in [0.25, 0.3) is 0 Å². The minimum Gasteiger partial charge on any atom is -0.309 e. The molecule has 2 atom stereocenters. The van der Waals surface area contributed by atoms with E-state index in [4.69, 9.17) is 0 Å². The molecular weight excluding hydrogens is 249 g/mol. The summed E-state index contributed by atoms with van der Waals surface area (Å²) < 4.78 is 13.9. The first-order valence-corrected chi connectivity index (χ1v) is 7.50. The molecule has 0 aliphatic carbocycles. The quantitative estimate of drug-likeness (QED) is 0.904. The predicted molar refractivity (Wildman–Crippen MR) is 74.4 cm³/mol. The summed E-state index contributed by atoms with van der Waals surface area (Å²) in [6, 6.07) is 2.16. The maximum Gasteiger partial charge on any atom is 0.146 e. The van der Waals surface area contributed by atoms with Crippen molar-refractivity contribution in [1.82, 2.24) is 15.2 Å². The summed E-state index contributed by atoms with van der Waals surface area (Å²) in [4.78, 5) is 6.15. The molecule has 1 aliphatic heterocycles. The van der Waals surface area contributed by atoms with Crippen LogP contribution < -0.4 is 5.32 Å². The van der Waals surface area contributed by atoms with Gasteiger partial charge >= 0.3 is 0 Å². The second-order valence-corrected chi connectivity index (χ2v) is 5.71. The van der Waals surface area contributed by atoms with E-state index in [0.717, 1.165) is 30.2 Å². The molecule has 100 valence electrons. The fourth-order valence-corrected chi connectivity index (χ4v) is 3.64. The van der Waals surface area contributed by atoms with Crippen LogP contribution in [0.15, 0.2) is 18.5 Å². The normalized spacial score (nSPS) is 22.9. The number of hydrogen-bond acceptors (Lipinski definition) is 4. The molecule has 1 aromatic heterocycles. The Hall–Kier alpha value is -0.650. The highest BCUT2D eigenvalue weighted by molar-refractivity contribution is 7.99. The zero-order chi connectivity index (χ0) is 13.0. The van der Waals surface area contributed by atoms with Gasteiger partial charge in [0.15, 0.2) is 0 Å². The molecule has 2 heterocycles. The SMILES string of the molecule is CCNC(c1ccncc1F)C1CSCCN1C. The van der Waals surface area contributed by atoms with E-state index in [9.17, 15) is 4.39 Å². The van der Waals surface area contributed by atoms with Crippen LogP contribution in [-0.2, 0) is 0 Å². The molecule has 0 radical (unpaired) electrons. The van der Waals surface area contributed by atoms with Crippen LogP contribution in [0.1, 0.15) is 18.5 Å². The zero-order valence-corrected chi connectivity index (χ0v) is 11.7. The van der Waals surface area contributed by atoms with E-state index in [1.807, 2.05) is 11.8 Å². The van der Waals surface area contributed by atoms with Crippen molar-refractivity contribution in [3.63, 3.8) is 0 Å². The van der Waals surface area contributed by atoms with Gasteiger partial charge in [-0.05, 0) is 19.7 Å². The summed E-state index contributed by atoms with van der Waals surface area (Å²) in [6.07, 6.45) is 2.97. The Morgan fingerprint density at radius 3 is 3.17 bits per heavy atom. The van der Waals surface area contributed by atoms with Gasteiger partial charge in [-0.1, -0.05) is 6.92 Å². The first-order chi connectivity index (χ1) is 8.74. The maximum atomic E-state index is 13.9. The van der Waals surface area contributed by atoms with Crippen molar-refractivity contribution in [3.05, 3.63) is 29.8 Å². The molecule has 1 saturated heterocycles. The number of pyridine rings is 1. The Labute approximate surface area is 112 Å². The highest BCUT2D eigenvalue weighted by atomic mass is 32.2. The fraction of sp³-hybridized carbons (Fsp3) is 0.615. The van der Waals surface area contributed by atoms with Crippen LogP contribution in [0.4, 0.5) is 4.39 Å². The lowest BCUT2D eigenvalue weighted by Gasteiger charge is -2.38. The highest BCUT2D eigenvalue weighted by Crippen LogP contribution is 2.27. The third-order valence-corrected chi connectivity index (χ3v) is 4.44. The Kier molecular flexibility index (Phi) is 4.97. The Bertz CT molecular complexity index is 388. The van der Waals surface area contributed by atoms with Crippen LogP contribution in [0.2, 0.25) is 0 Å². The highest BCUT2D eigenvalue weighted by Gasteiger charge is 2.30. The average molecular weight is 269 g/mol. The number of hydrogen-bond donors (Lipinski definition) is 1. The number of nitrogens with one attached hydrogen (secondary N) is 1. The van der Waals surface area contributed by atoms with Gasteiger partial charge in [-0.3, -0.25) is 9.88 Å². The van der Waals surface area contributed by atoms with Crippen molar-refractivity contribution in [2.75, 3.05) is 31.6 Å². The standard InChI is InChI=1S/C13H20FN3S/c1-3-16-13(10-4-5-15-8-11(10)14)12-9-18-7-6-17(12)2/h4-5,8,12-13,16H,3,6-7,9H2,1-2H3. The summed E-state index contributed by atoms with van der Waals surface area (Å²) in [6.45, 7) is 3.95. The zero-order valence-electron chi connectivity index (χ0n) is 10.9. The van der Waals surface area contributed by atoms with E-state index in [-0.39, 0.29) is 11.9 Å². The lowest BCUT2D eigenvalue weighted by atomic mass is 9.99. The van der Waals surface area contributed by atoms with Gasteiger partial charge in [-0.2, -0.15) is 11.8 Å². The monoisotopic (exact) mass is 269 g/mol. The van der Waals surface area contributed by atoms with E-state index in [2.05, 4.69) is 29.2 Å². The smallest absolute Gasteiger partial charge is 0.146 e. The van der Waals surface area contributed by atoms with E-state index in [1.54, 1.807) is 12.3 Å². The Balaban J connectivity index is 2.24. The van der Waals surface area contributed by atoms with Crippen LogP contribution >= 0.6 is 11.8 Å². The van der Waals surface area contributed by atoms with Gasteiger partial charge in [-0.15, -0.1) is 0 Å². The first kappa shape index (κ1) is 13.8. The number of rotatable bonds is 4. The van der Waals surface area contributed by atoms with Crippen molar-refractivity contribution >= 4 is 11.8 Å². The van der Waals surface area contributed by atoms with Crippen LogP contribution in [-0.4, -0.2) is 47.6 Å². The second kappa shape index (κ2) is 6.50. The van der Waals surface area contributed by atoms with Gasteiger partial charge in [-0.25, -0.2) is 4.39 Å². The van der Waals surface area contributed by atoms with Gasteiger partial charge < -0.3 is 5.32 Å². The number of thioether (sulfide) groups is 1. The van der Waals surface area contributed by atoms with Crippen molar-refractivity contribution in [2.24, 2.45) is 0 Å². The summed E-state index contributed by atoms with van der Waals surface area (Å²) in [7, 11) is 2.12. The van der Waals surface area contributed by atoms with Gasteiger partial charge in [0.25, 0.3) is 0 Å². The van der Waals surface area contributed by atoms with Gasteiger partial charge in [0.2, 0.25) is 0 Å². The van der Waals surface area contributed by atoms with Crippen molar-refractivity contribution in [1.29, 1.82) is 0 Å². The third-order valence-electron chi connectivity index (χ3n) is 3.39. The number of nitrogens with zero attached hydrogens (tertiary/aromatic N) is 2. The van der Waals surface area contributed by atoms with E-state index >= 15 is 0 Å². The predicted octanol–water partition coefficient (Wildman–Crippen LogP) is 1.92. The van der Waals surface area contributed by atoms with Crippen LogP contribution in [0.3, 0.4) is 0 Å². The molecule has 0 saturated carbocycles. The Morgan fingerprint density at radius 1 is 1.67 bits per heavy atom. The van der Waals surface area contributed by atoms with Gasteiger partial charge in [0.05, 0.1) is 12.2 Å². The second-order valence-electron chi connectivity index (χ2n) is 4.56. The molecule has 0 amide bonds. The summed E-state index contributed by atoms with van der Waals surface area (Å²) in [5.41, 5.74) is 0.728. The van der Waals surface area contributed by atoms with E-state index in [0.29, 0.717) is 6.04 Å². The minimum absolute atomic E-state index is 0.0378. The van der Waals surface area contributed by atoms with E-state index < -0.39 is 0 Å². The van der Waals surface area contributed by atoms with Crippen molar-refractivity contribution < 1.29 is 4.39 Å². The fourth-order valence-electron chi connectivity index (χ4n) is 2.37. The molecule has 1 aromatic rings. The first-order valence-electron chi connectivity index (χ1n) is 6.34. The largest absolute Gasteiger partial charge is 0.309 e. The number of likely N-dealkylation sites (N-methyl/N-ethyl adjacent to an activating group) is 2. The Morgan fingerprint density at radius 2 is 2.50 bits per heavy atom. The molecule has 2 rings (SSSR count). The van der Waals surface area contributed by atoms with Gasteiger partial charge in [0, 0.05) is 35.9 Å². The number of aromatic nitrogens is 1. The molecule has 0 spiro atoms. The summed E-state index contributed by atoms with van der Waals surface area (Å²) >= 11 is 1.94. The molecular formula is C13H20FN3S. The van der Waals surface area contributed by atoms with E-state index in [1.165, 1.54) is 6.20 Å². The topological polar surface area (TPSA) is 28.2 Å². The summed E-state index contributed by atoms with van der Waals surface area (Å²) in [5, 5.41) is 3.42. The maximum absolute atomic E-state index is 13.9. The lowest BCUT2D eigenvalue weighted by molar-refractivity contribution is 0.214. The summed E-state index contributed by atoms with van der Waals surface area (Å²) in [5.74, 6) is 1.98. The van der Waals surface area contributed by atoms with Crippen molar-refractivity contribution in [3.8, 4) is 0 Å². The lowest BCUT2D eigenvalue weighted by Crippen LogP contribution is -2.48. The molecule has 2 unspecified atom stereocenters. The molecule has 1 fully saturated rings. The molecule has 1 aliphatic rings.